The lowest BCUT2D eigenvalue weighted by molar-refractivity contribution is 0.482. The lowest BCUT2D eigenvalue weighted by Crippen LogP contribution is -1.85. The van der Waals surface area contributed by atoms with Crippen molar-refractivity contribution in [3.63, 3.8) is 0 Å². The molecule has 0 saturated heterocycles. The van der Waals surface area contributed by atoms with Gasteiger partial charge in [-0.3, -0.25) is 0 Å². The molecule has 0 saturated carbocycles. The van der Waals surface area contributed by atoms with Crippen molar-refractivity contribution in [1.82, 2.24) is 0 Å². The van der Waals surface area contributed by atoms with E-state index in [9.17, 15) is 0 Å². The Labute approximate surface area is 106 Å². The predicted octanol–water partition coefficient (Wildman–Crippen LogP) is 4.42. The van der Waals surface area contributed by atoms with Gasteiger partial charge in [-0.25, -0.2) is 0 Å². The first-order valence-electron chi connectivity index (χ1n) is 5.20. The summed E-state index contributed by atoms with van der Waals surface area (Å²) in [5, 5.41) is 0.736. The zero-order valence-electron chi connectivity index (χ0n) is 9.41. The van der Waals surface area contributed by atoms with E-state index in [4.69, 9.17) is 22.8 Å². The molecule has 0 aliphatic heterocycles. The average molecular weight is 243 g/mol. The quantitative estimate of drug-likeness (QED) is 0.709. The first-order chi connectivity index (χ1) is 8.19. The number of benzene rings is 2. The highest BCUT2D eigenvalue weighted by Gasteiger charge is 2.00. The second-order valence-corrected chi connectivity index (χ2v) is 4.09. The number of halogens is 1. The van der Waals surface area contributed by atoms with E-state index in [1.807, 2.05) is 49.4 Å². The highest BCUT2D eigenvalue weighted by atomic mass is 35.5. The van der Waals surface area contributed by atoms with E-state index < -0.39 is 0 Å². The molecule has 0 amide bonds. The largest absolute Gasteiger partial charge is 0.457 e. The number of hydrogen-bond donors (Lipinski definition) is 0. The van der Waals surface area contributed by atoms with Crippen LogP contribution in [0.3, 0.4) is 0 Å². The summed E-state index contributed by atoms with van der Waals surface area (Å²) in [6, 6.07) is 12.9. The minimum atomic E-state index is 0.736. The van der Waals surface area contributed by atoms with Crippen LogP contribution in [0.1, 0.15) is 11.1 Å². The molecule has 2 aromatic rings. The van der Waals surface area contributed by atoms with Gasteiger partial charge in [-0.2, -0.15) is 0 Å². The molecule has 0 aromatic heterocycles. The zero-order chi connectivity index (χ0) is 12.3. The van der Waals surface area contributed by atoms with E-state index in [1.165, 1.54) is 0 Å². The van der Waals surface area contributed by atoms with Gasteiger partial charge in [0.25, 0.3) is 0 Å². The van der Waals surface area contributed by atoms with E-state index in [0.717, 1.165) is 27.6 Å². The molecule has 0 aliphatic carbocycles. The van der Waals surface area contributed by atoms with Crippen molar-refractivity contribution in [3.8, 4) is 23.8 Å². The van der Waals surface area contributed by atoms with E-state index >= 15 is 0 Å². The zero-order valence-corrected chi connectivity index (χ0v) is 10.2. The number of terminal acetylenes is 1. The van der Waals surface area contributed by atoms with Crippen molar-refractivity contribution in [1.29, 1.82) is 0 Å². The Hall–Kier alpha value is -1.91. The summed E-state index contributed by atoms with van der Waals surface area (Å²) < 4.78 is 5.69. The van der Waals surface area contributed by atoms with Crippen LogP contribution in [0.25, 0.3) is 0 Å². The first kappa shape index (κ1) is 11.6. The maximum Gasteiger partial charge on any atom is 0.127 e. The lowest BCUT2D eigenvalue weighted by Gasteiger charge is -2.07. The number of aryl methyl sites for hydroxylation is 1. The van der Waals surface area contributed by atoms with Crippen LogP contribution in [0, 0.1) is 19.3 Å². The highest BCUT2D eigenvalue weighted by molar-refractivity contribution is 6.31. The fraction of sp³-hybridized carbons (Fsp3) is 0.0667. The van der Waals surface area contributed by atoms with Crippen molar-refractivity contribution in [3.05, 3.63) is 58.6 Å². The van der Waals surface area contributed by atoms with Gasteiger partial charge in [-0.05, 0) is 55.0 Å². The fourth-order valence-corrected chi connectivity index (χ4v) is 1.55. The molecule has 17 heavy (non-hydrogen) atoms. The van der Waals surface area contributed by atoms with Crippen molar-refractivity contribution < 1.29 is 4.74 Å². The van der Waals surface area contributed by atoms with Crippen LogP contribution in [0.2, 0.25) is 5.02 Å². The highest BCUT2D eigenvalue weighted by Crippen LogP contribution is 2.25. The summed E-state index contributed by atoms with van der Waals surface area (Å²) in [5.41, 5.74) is 1.83. The van der Waals surface area contributed by atoms with Gasteiger partial charge in [0.15, 0.2) is 0 Å². The second-order valence-electron chi connectivity index (χ2n) is 3.68. The Balaban J connectivity index is 2.20. The maximum absolute atomic E-state index is 5.95. The molecular formula is C15H11ClO. The molecule has 0 radical (unpaired) electrons. The molecule has 2 aromatic carbocycles. The maximum atomic E-state index is 5.95. The Morgan fingerprint density at radius 3 is 2.29 bits per heavy atom. The van der Waals surface area contributed by atoms with Crippen LogP contribution in [-0.4, -0.2) is 0 Å². The van der Waals surface area contributed by atoms with Gasteiger partial charge in [0.2, 0.25) is 0 Å². The van der Waals surface area contributed by atoms with E-state index in [2.05, 4.69) is 5.92 Å². The Morgan fingerprint density at radius 1 is 1.06 bits per heavy atom. The van der Waals surface area contributed by atoms with Gasteiger partial charge >= 0.3 is 0 Å². The van der Waals surface area contributed by atoms with Crippen LogP contribution in [-0.2, 0) is 0 Å². The van der Waals surface area contributed by atoms with Gasteiger partial charge < -0.3 is 4.74 Å². The van der Waals surface area contributed by atoms with Gasteiger partial charge in [-0.15, -0.1) is 6.42 Å². The third kappa shape index (κ3) is 2.81. The van der Waals surface area contributed by atoms with Crippen LogP contribution in [0.5, 0.6) is 11.5 Å². The normalized spacial score (nSPS) is 9.71. The SMILES string of the molecule is C#Cc1ccc(Oc2ccc(Cl)c(C)c2)cc1. The van der Waals surface area contributed by atoms with Crippen LogP contribution in [0.4, 0.5) is 0 Å². The smallest absolute Gasteiger partial charge is 0.127 e. The number of hydrogen-bond acceptors (Lipinski definition) is 1. The molecule has 84 valence electrons. The van der Waals surface area contributed by atoms with E-state index in [1.54, 1.807) is 0 Å². The molecule has 2 heteroatoms. The second kappa shape index (κ2) is 4.95. The molecule has 0 atom stereocenters. The molecule has 0 aliphatic rings. The lowest BCUT2D eigenvalue weighted by atomic mass is 10.2. The number of rotatable bonds is 2. The Kier molecular flexibility index (Phi) is 3.37. The fourth-order valence-electron chi connectivity index (χ4n) is 1.44. The van der Waals surface area contributed by atoms with Crippen LogP contribution < -0.4 is 4.74 Å². The minimum Gasteiger partial charge on any atom is -0.457 e. The standard InChI is InChI=1S/C15H11ClO/c1-3-12-4-6-13(7-5-12)17-14-8-9-15(16)11(2)10-14/h1,4-10H,2H3. The molecule has 2 rings (SSSR count). The molecule has 0 fully saturated rings. The summed E-state index contributed by atoms with van der Waals surface area (Å²) in [5.74, 6) is 4.08. The Morgan fingerprint density at radius 2 is 1.71 bits per heavy atom. The predicted molar refractivity (Wildman–Crippen MR) is 70.6 cm³/mol. The molecule has 0 N–H and O–H groups in total. The monoisotopic (exact) mass is 242 g/mol. The molecule has 0 unspecified atom stereocenters. The average Bonchev–Trinajstić information content (AvgIpc) is 2.35. The van der Waals surface area contributed by atoms with Gasteiger partial charge in [-0.1, -0.05) is 17.5 Å². The molecule has 0 spiro atoms. The summed E-state index contributed by atoms with van der Waals surface area (Å²) in [7, 11) is 0. The van der Waals surface area contributed by atoms with Gasteiger partial charge in [0.05, 0.1) is 0 Å². The van der Waals surface area contributed by atoms with Gasteiger partial charge in [0.1, 0.15) is 11.5 Å². The molecule has 0 bridgehead atoms. The first-order valence-corrected chi connectivity index (χ1v) is 5.57. The van der Waals surface area contributed by atoms with E-state index in [0.29, 0.717) is 0 Å². The van der Waals surface area contributed by atoms with Crippen LogP contribution in [0.15, 0.2) is 42.5 Å². The van der Waals surface area contributed by atoms with Crippen molar-refractivity contribution in [2.24, 2.45) is 0 Å². The molecule has 0 heterocycles. The van der Waals surface area contributed by atoms with Crippen molar-refractivity contribution in [2.45, 2.75) is 6.92 Å². The summed E-state index contributed by atoms with van der Waals surface area (Å²) in [6.07, 6.45) is 5.28. The minimum absolute atomic E-state index is 0.736. The Bertz CT molecular complexity index is 564. The van der Waals surface area contributed by atoms with Crippen molar-refractivity contribution in [2.75, 3.05) is 0 Å². The molecule has 1 nitrogen and oxygen atoms in total. The summed E-state index contributed by atoms with van der Waals surface area (Å²) in [4.78, 5) is 0. The summed E-state index contributed by atoms with van der Waals surface area (Å²) in [6.45, 7) is 1.94. The summed E-state index contributed by atoms with van der Waals surface area (Å²) >= 11 is 5.95. The van der Waals surface area contributed by atoms with Gasteiger partial charge in [0, 0.05) is 10.6 Å². The van der Waals surface area contributed by atoms with E-state index in [-0.39, 0.29) is 0 Å². The number of ether oxygens (including phenoxy) is 1. The van der Waals surface area contributed by atoms with Crippen molar-refractivity contribution >= 4 is 11.6 Å². The third-order valence-electron chi connectivity index (χ3n) is 2.39. The molecular weight excluding hydrogens is 232 g/mol. The van der Waals surface area contributed by atoms with Crippen LogP contribution >= 0.6 is 11.6 Å². The third-order valence-corrected chi connectivity index (χ3v) is 2.81. The topological polar surface area (TPSA) is 9.23 Å².